The molecule has 0 radical (unpaired) electrons. The first-order chi connectivity index (χ1) is 8.95. The van der Waals surface area contributed by atoms with Crippen LogP contribution in [0.5, 0.6) is 0 Å². The molecular formula is C14H21N3O. The molecule has 18 heavy (non-hydrogen) atoms. The van der Waals surface area contributed by atoms with Crippen molar-refractivity contribution in [2.75, 3.05) is 37.7 Å². The highest BCUT2D eigenvalue weighted by Gasteiger charge is 2.30. The molecule has 2 fully saturated rings. The second-order valence-corrected chi connectivity index (χ2v) is 5.03. The molecule has 2 saturated heterocycles. The minimum atomic E-state index is 0.369. The average molecular weight is 247 g/mol. The Morgan fingerprint density at radius 3 is 2.78 bits per heavy atom. The number of aromatic nitrogens is 1. The van der Waals surface area contributed by atoms with Crippen LogP contribution in [0.15, 0.2) is 24.4 Å². The molecule has 3 rings (SSSR count). The van der Waals surface area contributed by atoms with E-state index in [1.165, 1.54) is 32.4 Å². The van der Waals surface area contributed by atoms with Crippen LogP contribution in [-0.2, 0) is 4.74 Å². The molecule has 1 aromatic heterocycles. The zero-order valence-electron chi connectivity index (χ0n) is 10.8. The third-order valence-electron chi connectivity index (χ3n) is 3.86. The molecule has 1 aromatic rings. The Kier molecular flexibility index (Phi) is 3.76. The minimum absolute atomic E-state index is 0.369. The first-order valence-corrected chi connectivity index (χ1v) is 6.94. The standard InChI is InChI=1S/C14H21N3O/c1-4-8-16(9-5-1)14-12-18-11-10-17(14)13-6-2-3-7-15-13/h2-3,6-7,14H,1,4-5,8-12H2. The summed E-state index contributed by atoms with van der Waals surface area (Å²) in [7, 11) is 0. The summed E-state index contributed by atoms with van der Waals surface area (Å²) in [5, 5.41) is 0. The van der Waals surface area contributed by atoms with Gasteiger partial charge in [-0.3, -0.25) is 4.90 Å². The Balaban J connectivity index is 1.77. The highest BCUT2D eigenvalue weighted by molar-refractivity contribution is 5.39. The number of likely N-dealkylation sites (tertiary alicyclic amines) is 1. The summed E-state index contributed by atoms with van der Waals surface area (Å²) in [6, 6.07) is 6.13. The van der Waals surface area contributed by atoms with Crippen LogP contribution in [0.3, 0.4) is 0 Å². The number of anilines is 1. The monoisotopic (exact) mass is 247 g/mol. The zero-order chi connectivity index (χ0) is 12.2. The molecule has 4 heteroatoms. The van der Waals surface area contributed by atoms with Crippen molar-refractivity contribution < 1.29 is 4.74 Å². The Morgan fingerprint density at radius 1 is 1.11 bits per heavy atom. The summed E-state index contributed by atoms with van der Waals surface area (Å²) in [6.07, 6.45) is 6.24. The van der Waals surface area contributed by atoms with E-state index < -0.39 is 0 Å². The van der Waals surface area contributed by atoms with Crippen molar-refractivity contribution >= 4 is 5.82 Å². The summed E-state index contributed by atoms with van der Waals surface area (Å²) in [4.78, 5) is 9.44. The number of hydrogen-bond donors (Lipinski definition) is 0. The number of nitrogens with zero attached hydrogens (tertiary/aromatic N) is 3. The Hall–Kier alpha value is -1.13. The van der Waals surface area contributed by atoms with Crippen LogP contribution in [0.25, 0.3) is 0 Å². The number of piperidine rings is 1. The second-order valence-electron chi connectivity index (χ2n) is 5.03. The molecule has 2 aliphatic rings. The summed E-state index contributed by atoms with van der Waals surface area (Å²) >= 11 is 0. The van der Waals surface area contributed by atoms with Crippen LogP contribution in [0.1, 0.15) is 19.3 Å². The smallest absolute Gasteiger partial charge is 0.129 e. The van der Waals surface area contributed by atoms with Gasteiger partial charge in [-0.1, -0.05) is 12.5 Å². The van der Waals surface area contributed by atoms with Crippen LogP contribution in [0.4, 0.5) is 5.82 Å². The Labute approximate surface area is 109 Å². The maximum Gasteiger partial charge on any atom is 0.129 e. The van der Waals surface area contributed by atoms with Crippen molar-refractivity contribution in [2.24, 2.45) is 0 Å². The molecule has 0 aliphatic carbocycles. The van der Waals surface area contributed by atoms with Crippen molar-refractivity contribution in [3.8, 4) is 0 Å². The third kappa shape index (κ3) is 2.49. The molecule has 4 nitrogen and oxygen atoms in total. The zero-order valence-corrected chi connectivity index (χ0v) is 10.8. The van der Waals surface area contributed by atoms with Gasteiger partial charge in [0.25, 0.3) is 0 Å². The SMILES string of the molecule is c1ccc(N2CCOCC2N2CCCCC2)nc1. The van der Waals surface area contributed by atoms with Crippen LogP contribution in [0.2, 0.25) is 0 Å². The van der Waals surface area contributed by atoms with E-state index in [-0.39, 0.29) is 0 Å². The molecule has 0 amide bonds. The van der Waals surface area contributed by atoms with E-state index in [0.29, 0.717) is 6.17 Å². The lowest BCUT2D eigenvalue weighted by Crippen LogP contribution is -2.56. The molecule has 0 aromatic carbocycles. The van der Waals surface area contributed by atoms with Gasteiger partial charge in [-0.25, -0.2) is 4.98 Å². The van der Waals surface area contributed by atoms with Gasteiger partial charge in [0.1, 0.15) is 12.0 Å². The molecule has 98 valence electrons. The topological polar surface area (TPSA) is 28.6 Å². The van der Waals surface area contributed by atoms with Gasteiger partial charge in [0, 0.05) is 25.8 Å². The normalized spacial score (nSPS) is 26.2. The fourth-order valence-electron chi connectivity index (χ4n) is 2.90. The molecular weight excluding hydrogens is 226 g/mol. The van der Waals surface area contributed by atoms with E-state index in [1.54, 1.807) is 0 Å². The van der Waals surface area contributed by atoms with E-state index in [2.05, 4.69) is 26.9 Å². The highest BCUT2D eigenvalue weighted by atomic mass is 16.5. The van der Waals surface area contributed by atoms with Crippen LogP contribution in [-0.4, -0.2) is 48.9 Å². The molecule has 1 unspecified atom stereocenters. The second kappa shape index (κ2) is 5.67. The number of morpholine rings is 1. The van der Waals surface area contributed by atoms with Crippen molar-refractivity contribution in [3.05, 3.63) is 24.4 Å². The lowest BCUT2D eigenvalue weighted by Gasteiger charge is -2.44. The summed E-state index contributed by atoms with van der Waals surface area (Å²) in [5.41, 5.74) is 0. The number of rotatable bonds is 2. The van der Waals surface area contributed by atoms with Gasteiger partial charge in [-0.15, -0.1) is 0 Å². The largest absolute Gasteiger partial charge is 0.376 e. The lowest BCUT2D eigenvalue weighted by atomic mass is 10.1. The molecule has 2 aliphatic heterocycles. The van der Waals surface area contributed by atoms with Crippen molar-refractivity contribution in [1.82, 2.24) is 9.88 Å². The maximum absolute atomic E-state index is 5.68. The van der Waals surface area contributed by atoms with E-state index in [1.807, 2.05) is 12.3 Å². The summed E-state index contributed by atoms with van der Waals surface area (Å²) < 4.78 is 5.68. The van der Waals surface area contributed by atoms with E-state index in [0.717, 1.165) is 25.6 Å². The van der Waals surface area contributed by atoms with Crippen LogP contribution in [0, 0.1) is 0 Å². The van der Waals surface area contributed by atoms with E-state index in [4.69, 9.17) is 4.74 Å². The molecule has 0 spiro atoms. The summed E-state index contributed by atoms with van der Waals surface area (Å²) in [6.45, 7) is 4.93. The average Bonchev–Trinajstić information content (AvgIpc) is 2.49. The van der Waals surface area contributed by atoms with Crippen LogP contribution < -0.4 is 4.90 Å². The van der Waals surface area contributed by atoms with E-state index in [9.17, 15) is 0 Å². The minimum Gasteiger partial charge on any atom is -0.376 e. The molecule has 1 atom stereocenters. The van der Waals surface area contributed by atoms with Gasteiger partial charge in [0.05, 0.1) is 13.2 Å². The maximum atomic E-state index is 5.68. The molecule has 3 heterocycles. The van der Waals surface area contributed by atoms with Crippen molar-refractivity contribution in [2.45, 2.75) is 25.4 Å². The Bertz CT molecular complexity index is 365. The van der Waals surface area contributed by atoms with Gasteiger partial charge in [-0.2, -0.15) is 0 Å². The fourth-order valence-corrected chi connectivity index (χ4v) is 2.90. The lowest BCUT2D eigenvalue weighted by molar-refractivity contribution is 0.0216. The van der Waals surface area contributed by atoms with Gasteiger partial charge in [0.15, 0.2) is 0 Å². The van der Waals surface area contributed by atoms with Gasteiger partial charge in [0.2, 0.25) is 0 Å². The fraction of sp³-hybridized carbons (Fsp3) is 0.643. The predicted octanol–water partition coefficient (Wildman–Crippen LogP) is 1.73. The van der Waals surface area contributed by atoms with Gasteiger partial charge >= 0.3 is 0 Å². The van der Waals surface area contributed by atoms with Gasteiger partial charge in [-0.05, 0) is 25.0 Å². The van der Waals surface area contributed by atoms with Crippen LogP contribution >= 0.6 is 0 Å². The summed E-state index contributed by atoms with van der Waals surface area (Å²) in [5.74, 6) is 1.08. The number of pyridine rings is 1. The quantitative estimate of drug-likeness (QED) is 0.796. The molecule has 0 N–H and O–H groups in total. The molecule has 0 saturated carbocycles. The third-order valence-corrected chi connectivity index (χ3v) is 3.86. The highest BCUT2D eigenvalue weighted by Crippen LogP contribution is 2.22. The first-order valence-electron chi connectivity index (χ1n) is 6.94. The van der Waals surface area contributed by atoms with E-state index >= 15 is 0 Å². The van der Waals surface area contributed by atoms with Crippen molar-refractivity contribution in [3.63, 3.8) is 0 Å². The predicted molar refractivity (Wildman–Crippen MR) is 71.6 cm³/mol. The van der Waals surface area contributed by atoms with Crippen molar-refractivity contribution in [1.29, 1.82) is 0 Å². The Morgan fingerprint density at radius 2 is 2.00 bits per heavy atom. The first kappa shape index (κ1) is 11.9. The number of hydrogen-bond acceptors (Lipinski definition) is 4. The molecule has 0 bridgehead atoms. The number of ether oxygens (including phenoxy) is 1. The van der Waals surface area contributed by atoms with Gasteiger partial charge < -0.3 is 9.64 Å².